The molecule has 0 saturated heterocycles. The molecule has 0 N–H and O–H groups in total. The molecule has 6 nitrogen and oxygen atoms in total. The van der Waals surface area contributed by atoms with Gasteiger partial charge < -0.3 is 4.74 Å². The number of ether oxygens (including phenoxy) is 1. The van der Waals surface area contributed by atoms with Gasteiger partial charge in [0.15, 0.2) is 0 Å². The van der Waals surface area contributed by atoms with E-state index in [1.54, 1.807) is 0 Å². The van der Waals surface area contributed by atoms with Crippen molar-refractivity contribution in [1.29, 1.82) is 0 Å². The highest BCUT2D eigenvalue weighted by Crippen LogP contribution is 2.40. The molecule has 0 aliphatic carbocycles. The number of sulfonamides is 1. The molecule has 0 fully saturated rings. The Bertz CT molecular complexity index is 670. The zero-order valence-corrected chi connectivity index (χ0v) is 11.4. The van der Waals surface area contributed by atoms with Crippen LogP contribution in [-0.2, 0) is 25.7 Å². The van der Waals surface area contributed by atoms with Gasteiger partial charge in [-0.15, -0.1) is 11.3 Å². The van der Waals surface area contributed by atoms with Gasteiger partial charge >= 0.3 is 12.1 Å². The van der Waals surface area contributed by atoms with Gasteiger partial charge in [-0.1, -0.05) is 4.40 Å². The molecule has 0 aliphatic heterocycles. The van der Waals surface area contributed by atoms with Crippen LogP contribution in [0.5, 0.6) is 0 Å². The molecule has 0 amide bonds. The third-order valence-electron chi connectivity index (χ3n) is 1.93. The van der Waals surface area contributed by atoms with Gasteiger partial charge in [0.05, 0.1) is 12.2 Å². The maximum atomic E-state index is 12.7. The Morgan fingerprint density at radius 3 is 2.55 bits per heavy atom. The molecule has 0 radical (unpaired) electrons. The fraction of sp³-hybridized carbons (Fsp3) is 0.333. The number of rotatable bonds is 4. The number of thiophene rings is 1. The Labute approximate surface area is 114 Å². The van der Waals surface area contributed by atoms with Crippen LogP contribution in [0.15, 0.2) is 14.7 Å². The summed E-state index contributed by atoms with van der Waals surface area (Å²) in [5.41, 5.74) is -1.58. The van der Waals surface area contributed by atoms with Crippen LogP contribution in [0, 0.1) is 0 Å². The SMILES string of the molecule is CCOC(=O)c1scc(C(F)(F)F)c1S(=O)(=O)N=C=O. The van der Waals surface area contributed by atoms with Gasteiger partial charge in [-0.05, 0) is 6.92 Å². The van der Waals surface area contributed by atoms with E-state index in [0.29, 0.717) is 11.5 Å². The van der Waals surface area contributed by atoms with Crippen molar-refractivity contribution < 1.29 is 35.9 Å². The molecule has 0 unspecified atom stereocenters. The Morgan fingerprint density at radius 2 is 2.10 bits per heavy atom. The predicted molar refractivity (Wildman–Crippen MR) is 60.6 cm³/mol. The Hall–Kier alpha value is -1.71. The molecular formula is C9H6F3NO5S2. The smallest absolute Gasteiger partial charge is 0.418 e. The molecular weight excluding hydrogens is 323 g/mol. The van der Waals surface area contributed by atoms with Crippen LogP contribution >= 0.6 is 11.3 Å². The third kappa shape index (κ3) is 3.24. The molecule has 11 heteroatoms. The van der Waals surface area contributed by atoms with Gasteiger partial charge in [0.25, 0.3) is 16.1 Å². The standard InChI is InChI=1S/C9H6F3NO5S2/c1-2-18-8(15)6-7(20(16,17)13-4-14)5(3-19-6)9(10,11)12/h3H,2H2,1H3. The van der Waals surface area contributed by atoms with Gasteiger partial charge in [-0.2, -0.15) is 21.6 Å². The molecule has 1 rings (SSSR count). The number of hydrogen-bond donors (Lipinski definition) is 0. The summed E-state index contributed by atoms with van der Waals surface area (Å²) in [7, 11) is -4.98. The fourth-order valence-corrected chi connectivity index (χ4v) is 3.58. The van der Waals surface area contributed by atoms with E-state index in [-0.39, 0.29) is 17.9 Å². The first kappa shape index (κ1) is 16.3. The summed E-state index contributed by atoms with van der Waals surface area (Å²) < 4.78 is 68.1. The Balaban J connectivity index is 3.63. The van der Waals surface area contributed by atoms with E-state index in [1.807, 2.05) is 0 Å². The lowest BCUT2D eigenvalue weighted by molar-refractivity contribution is -0.139. The molecule has 1 aromatic rings. The minimum absolute atomic E-state index is 0.158. The zero-order chi connectivity index (χ0) is 15.6. The number of esters is 1. The van der Waals surface area contributed by atoms with Crippen molar-refractivity contribution in [3.8, 4) is 0 Å². The van der Waals surface area contributed by atoms with Crippen molar-refractivity contribution in [2.24, 2.45) is 4.40 Å². The van der Waals surface area contributed by atoms with Gasteiger partial charge in [0.2, 0.25) is 0 Å². The van der Waals surface area contributed by atoms with Crippen LogP contribution in [0.3, 0.4) is 0 Å². The van der Waals surface area contributed by atoms with E-state index < -0.39 is 37.5 Å². The minimum Gasteiger partial charge on any atom is -0.462 e. The lowest BCUT2D eigenvalue weighted by Gasteiger charge is -2.07. The summed E-state index contributed by atoms with van der Waals surface area (Å²) in [6, 6.07) is 0. The van der Waals surface area contributed by atoms with Crippen LogP contribution in [0.25, 0.3) is 0 Å². The number of carbonyl (C=O) groups excluding carboxylic acids is 2. The number of halogens is 3. The minimum atomic E-state index is -5.03. The van der Waals surface area contributed by atoms with Crippen molar-refractivity contribution in [3.05, 3.63) is 15.8 Å². The summed E-state index contributed by atoms with van der Waals surface area (Å²) in [6.07, 6.45) is -4.38. The van der Waals surface area contributed by atoms with E-state index in [4.69, 9.17) is 0 Å². The molecule has 0 bridgehead atoms. The fourth-order valence-electron chi connectivity index (χ4n) is 1.23. The zero-order valence-electron chi connectivity index (χ0n) is 9.72. The molecule has 0 atom stereocenters. The molecule has 0 spiro atoms. The van der Waals surface area contributed by atoms with Crippen LogP contribution in [0.1, 0.15) is 22.2 Å². The lowest BCUT2D eigenvalue weighted by Crippen LogP contribution is -2.14. The molecule has 20 heavy (non-hydrogen) atoms. The average molecular weight is 329 g/mol. The topological polar surface area (TPSA) is 89.9 Å². The second-order valence-electron chi connectivity index (χ2n) is 3.18. The third-order valence-corrected chi connectivity index (χ3v) is 4.27. The number of isocyanates is 1. The Morgan fingerprint density at radius 1 is 1.50 bits per heavy atom. The predicted octanol–water partition coefficient (Wildman–Crippen LogP) is 1.97. The van der Waals surface area contributed by atoms with Gasteiger partial charge in [0.1, 0.15) is 9.77 Å². The summed E-state index contributed by atoms with van der Waals surface area (Å²) in [5, 5.41) is 0.444. The number of carbonyl (C=O) groups is 1. The monoisotopic (exact) mass is 329 g/mol. The summed E-state index contributed by atoms with van der Waals surface area (Å²) >= 11 is 0.240. The van der Waals surface area contributed by atoms with Crippen molar-refractivity contribution in [1.82, 2.24) is 0 Å². The summed E-state index contributed by atoms with van der Waals surface area (Å²) in [4.78, 5) is 19.3. The van der Waals surface area contributed by atoms with Gasteiger partial charge in [-0.25, -0.2) is 9.59 Å². The van der Waals surface area contributed by atoms with Gasteiger partial charge in [0, 0.05) is 5.38 Å². The van der Waals surface area contributed by atoms with Crippen molar-refractivity contribution in [3.63, 3.8) is 0 Å². The van der Waals surface area contributed by atoms with Crippen molar-refractivity contribution in [2.45, 2.75) is 18.0 Å². The Kier molecular flexibility index (Phi) is 4.69. The van der Waals surface area contributed by atoms with E-state index in [0.717, 1.165) is 0 Å². The lowest BCUT2D eigenvalue weighted by atomic mass is 10.3. The molecule has 1 heterocycles. The highest BCUT2D eigenvalue weighted by Gasteiger charge is 2.42. The van der Waals surface area contributed by atoms with Crippen molar-refractivity contribution in [2.75, 3.05) is 6.61 Å². The normalized spacial score (nSPS) is 11.8. The highest BCUT2D eigenvalue weighted by molar-refractivity contribution is 7.90. The maximum absolute atomic E-state index is 12.7. The summed E-state index contributed by atoms with van der Waals surface area (Å²) in [5.74, 6) is -1.24. The maximum Gasteiger partial charge on any atom is 0.418 e. The molecule has 0 saturated carbocycles. The molecule has 1 aromatic heterocycles. The first-order valence-corrected chi connectivity index (χ1v) is 7.17. The first-order valence-electron chi connectivity index (χ1n) is 4.85. The molecule has 0 aromatic carbocycles. The van der Waals surface area contributed by atoms with Crippen LogP contribution in [0.4, 0.5) is 13.2 Å². The second kappa shape index (κ2) is 5.73. The largest absolute Gasteiger partial charge is 0.462 e. The average Bonchev–Trinajstić information content (AvgIpc) is 2.73. The van der Waals surface area contributed by atoms with E-state index in [1.165, 1.54) is 6.92 Å². The van der Waals surface area contributed by atoms with Crippen LogP contribution in [0.2, 0.25) is 0 Å². The van der Waals surface area contributed by atoms with E-state index in [2.05, 4.69) is 9.13 Å². The van der Waals surface area contributed by atoms with Gasteiger partial charge in [-0.3, -0.25) is 0 Å². The van der Waals surface area contributed by atoms with E-state index in [9.17, 15) is 31.2 Å². The quantitative estimate of drug-likeness (QED) is 0.478. The van der Waals surface area contributed by atoms with Crippen LogP contribution in [-0.4, -0.2) is 27.1 Å². The molecule has 110 valence electrons. The number of nitrogens with zero attached hydrogens (tertiary/aromatic N) is 1. The van der Waals surface area contributed by atoms with E-state index >= 15 is 0 Å². The number of hydrogen-bond acceptors (Lipinski definition) is 6. The van der Waals surface area contributed by atoms with Crippen molar-refractivity contribution >= 4 is 33.4 Å². The highest BCUT2D eigenvalue weighted by atomic mass is 32.2. The van der Waals surface area contributed by atoms with Crippen LogP contribution < -0.4 is 0 Å². The first-order chi connectivity index (χ1) is 9.15. The second-order valence-corrected chi connectivity index (χ2v) is 5.60. The number of alkyl halides is 3. The summed E-state index contributed by atoms with van der Waals surface area (Å²) in [6.45, 7) is 1.24. The molecule has 0 aliphatic rings.